The Morgan fingerprint density at radius 1 is 0.857 bits per heavy atom. The molecule has 2 N–H and O–H groups in total. The topological polar surface area (TPSA) is 97.3 Å². The number of carbonyl (C=O) groups excluding carboxylic acids is 2. The summed E-state index contributed by atoms with van der Waals surface area (Å²) in [6.07, 6.45) is -11.3. The lowest BCUT2D eigenvalue weighted by Gasteiger charge is -2.33. The normalized spacial score (nSPS) is 17.0. The van der Waals surface area contributed by atoms with Crippen LogP contribution in [-0.2, 0) is 28.8 Å². The van der Waals surface area contributed by atoms with Gasteiger partial charge in [0.25, 0.3) is 11.5 Å². The molecule has 1 fully saturated rings. The first-order chi connectivity index (χ1) is 22.9. The third kappa shape index (κ3) is 8.06. The summed E-state index contributed by atoms with van der Waals surface area (Å²) in [6, 6.07) is 15.2. The summed E-state index contributed by atoms with van der Waals surface area (Å²) in [6.45, 7) is 5.40. The number of carbonyl (C=O) groups is 2. The number of nitrogens with one attached hydrogen (secondary N) is 1. The van der Waals surface area contributed by atoms with E-state index in [-0.39, 0.29) is 43.4 Å². The van der Waals surface area contributed by atoms with Gasteiger partial charge in [-0.2, -0.15) is 26.3 Å². The molecular weight excluding hydrogens is 658 g/mol. The Bertz CT molecular complexity index is 1590. The van der Waals surface area contributed by atoms with Gasteiger partial charge < -0.3 is 24.6 Å². The number of halogens is 6. The van der Waals surface area contributed by atoms with Crippen LogP contribution in [0.1, 0.15) is 55.9 Å². The van der Waals surface area contributed by atoms with Gasteiger partial charge in [0.15, 0.2) is 0 Å². The van der Waals surface area contributed by atoms with Crippen LogP contribution in [0.5, 0.6) is 17.2 Å². The zero-order valence-electron chi connectivity index (χ0n) is 27.4. The number of aliphatic hydroxyl groups is 1. The van der Waals surface area contributed by atoms with Crippen molar-refractivity contribution in [3.05, 3.63) is 89.0 Å². The van der Waals surface area contributed by atoms with Gasteiger partial charge in [-0.25, -0.2) is 4.79 Å². The van der Waals surface area contributed by atoms with Crippen LogP contribution in [0.4, 0.5) is 31.1 Å². The lowest BCUT2D eigenvalue weighted by atomic mass is 9.89. The summed E-state index contributed by atoms with van der Waals surface area (Å²) in [5, 5.41) is 12.7. The van der Waals surface area contributed by atoms with Gasteiger partial charge in [0, 0.05) is 12.1 Å². The molecule has 4 rings (SSSR count). The van der Waals surface area contributed by atoms with E-state index < -0.39 is 41.0 Å². The molecule has 3 amide bonds. The molecule has 1 aliphatic heterocycles. The van der Waals surface area contributed by atoms with Crippen molar-refractivity contribution in [1.29, 1.82) is 0 Å². The first kappa shape index (κ1) is 37.4. The number of imide groups is 1. The third-order valence-corrected chi connectivity index (χ3v) is 8.25. The van der Waals surface area contributed by atoms with E-state index in [1.807, 2.05) is 13.8 Å². The summed E-state index contributed by atoms with van der Waals surface area (Å²) < 4.78 is 98.4. The molecule has 0 radical (unpaired) electrons. The van der Waals surface area contributed by atoms with E-state index in [1.165, 1.54) is 7.11 Å². The van der Waals surface area contributed by atoms with Gasteiger partial charge in [-0.05, 0) is 99.5 Å². The molecule has 0 bridgehead atoms. The fraction of sp³-hybridized carbons (Fsp3) is 0.429. The molecule has 1 heterocycles. The van der Waals surface area contributed by atoms with Gasteiger partial charge in [0.2, 0.25) is 0 Å². The number of ether oxygens (including phenoxy) is 3. The largest absolute Gasteiger partial charge is 0.497 e. The monoisotopic (exact) mass is 696 g/mol. The molecule has 0 aliphatic carbocycles. The van der Waals surface area contributed by atoms with Gasteiger partial charge >= 0.3 is 18.4 Å². The van der Waals surface area contributed by atoms with Crippen molar-refractivity contribution < 1.29 is 55.2 Å². The highest BCUT2D eigenvalue weighted by Gasteiger charge is 2.71. The lowest BCUT2D eigenvalue weighted by molar-refractivity contribution is -0.376. The molecule has 266 valence electrons. The highest BCUT2D eigenvalue weighted by atomic mass is 19.4. The molecule has 0 spiro atoms. The Labute approximate surface area is 280 Å². The molecule has 3 aromatic rings. The second-order valence-corrected chi connectivity index (χ2v) is 12.1. The molecule has 1 atom stereocenters. The molecule has 0 aromatic heterocycles. The number of methoxy groups -OCH3 is 1. The number of nitrogens with zero attached hydrogens (tertiary/aromatic N) is 1. The molecular formula is C35H38F6N2O6. The highest BCUT2D eigenvalue weighted by molar-refractivity contribution is 6.07. The van der Waals surface area contributed by atoms with Crippen molar-refractivity contribution in [2.45, 2.75) is 76.1 Å². The number of hydrogen-bond acceptors (Lipinski definition) is 6. The van der Waals surface area contributed by atoms with Crippen molar-refractivity contribution in [1.82, 2.24) is 10.2 Å². The smallest absolute Gasteiger partial charge is 0.430 e. The Kier molecular flexibility index (Phi) is 11.1. The van der Waals surface area contributed by atoms with Crippen molar-refractivity contribution in [3.8, 4) is 17.2 Å². The van der Waals surface area contributed by atoms with E-state index in [4.69, 9.17) is 14.2 Å². The zero-order chi connectivity index (χ0) is 36.2. The zero-order valence-corrected chi connectivity index (χ0v) is 27.4. The maximum atomic E-state index is 13.6. The number of benzene rings is 3. The maximum absolute atomic E-state index is 13.6. The fourth-order valence-electron chi connectivity index (χ4n) is 5.49. The average molecular weight is 697 g/mol. The minimum Gasteiger partial charge on any atom is -0.497 e. The summed E-state index contributed by atoms with van der Waals surface area (Å²) in [5.74, 6) is 0.773. The molecule has 49 heavy (non-hydrogen) atoms. The summed E-state index contributed by atoms with van der Waals surface area (Å²) in [5.41, 5.74) is -6.43. The van der Waals surface area contributed by atoms with E-state index >= 15 is 0 Å². The predicted octanol–water partition coefficient (Wildman–Crippen LogP) is 7.21. The molecule has 3 aromatic carbocycles. The van der Waals surface area contributed by atoms with Crippen LogP contribution >= 0.6 is 0 Å². The minimum atomic E-state index is -6.04. The molecule has 1 unspecified atom stereocenters. The SMILES string of the molecule is COc1ccc(CCc2cc(C(O)(C(F)(F)F)C(F)(F)F)ccc2OCCCCN2C(=O)NC(C)(c3ccc(OC(C)C)cc3)C2=O)cc1. The Morgan fingerprint density at radius 2 is 1.47 bits per heavy atom. The molecule has 14 heteroatoms. The highest BCUT2D eigenvalue weighted by Crippen LogP contribution is 2.50. The van der Waals surface area contributed by atoms with Crippen molar-refractivity contribution >= 4 is 11.9 Å². The molecule has 1 aliphatic rings. The van der Waals surface area contributed by atoms with Crippen molar-refractivity contribution in [2.24, 2.45) is 0 Å². The predicted molar refractivity (Wildman–Crippen MR) is 167 cm³/mol. The van der Waals surface area contributed by atoms with Crippen LogP contribution in [0.2, 0.25) is 0 Å². The molecule has 0 saturated carbocycles. The number of hydrogen-bond donors (Lipinski definition) is 2. The Morgan fingerprint density at radius 3 is 2.04 bits per heavy atom. The fourth-order valence-corrected chi connectivity index (χ4v) is 5.49. The van der Waals surface area contributed by atoms with Gasteiger partial charge in [-0.1, -0.05) is 30.3 Å². The number of rotatable bonds is 14. The quantitative estimate of drug-likeness (QED) is 0.105. The van der Waals surface area contributed by atoms with Gasteiger partial charge in [0.05, 0.1) is 19.8 Å². The van der Waals surface area contributed by atoms with E-state index in [1.54, 1.807) is 55.5 Å². The van der Waals surface area contributed by atoms with Crippen LogP contribution in [0.15, 0.2) is 66.7 Å². The Hall–Kier alpha value is -4.46. The second kappa shape index (κ2) is 14.6. The van der Waals surface area contributed by atoms with Crippen molar-refractivity contribution in [2.75, 3.05) is 20.3 Å². The van der Waals surface area contributed by atoms with Gasteiger partial charge in [-0.15, -0.1) is 0 Å². The molecule has 1 saturated heterocycles. The number of amides is 3. The standard InChI is InChI=1S/C35H38F6N2O6/c1-22(2)49-28-16-11-25(12-17-28)32(3)30(44)43(31(45)42-32)19-5-6-20-48-29-18-13-26(33(46,34(36,37)38)35(39,40)41)21-24(29)10-7-23-8-14-27(47-4)15-9-23/h8-9,11-18,21-22,46H,5-7,10,19-20H2,1-4H3,(H,42,45). The minimum absolute atomic E-state index is 0.00704. The maximum Gasteiger partial charge on any atom is 0.430 e. The second-order valence-electron chi connectivity index (χ2n) is 12.1. The average Bonchev–Trinajstić information content (AvgIpc) is 3.26. The van der Waals surface area contributed by atoms with E-state index in [0.29, 0.717) is 42.0 Å². The van der Waals surface area contributed by atoms with Crippen LogP contribution in [0.3, 0.4) is 0 Å². The van der Waals surface area contributed by atoms with Crippen LogP contribution in [-0.4, -0.2) is 60.7 Å². The van der Waals surface area contributed by atoms with Gasteiger partial charge in [0.1, 0.15) is 22.8 Å². The van der Waals surface area contributed by atoms with E-state index in [9.17, 15) is 41.0 Å². The summed E-state index contributed by atoms with van der Waals surface area (Å²) in [4.78, 5) is 27.1. The number of aryl methyl sites for hydroxylation is 2. The van der Waals surface area contributed by atoms with E-state index in [2.05, 4.69) is 5.32 Å². The Balaban J connectivity index is 1.44. The summed E-state index contributed by atoms with van der Waals surface area (Å²) in [7, 11) is 1.48. The number of unbranched alkanes of at least 4 members (excludes halogenated alkanes) is 1. The third-order valence-electron chi connectivity index (χ3n) is 8.25. The van der Waals surface area contributed by atoms with Crippen LogP contribution in [0.25, 0.3) is 0 Å². The van der Waals surface area contributed by atoms with Gasteiger partial charge in [-0.3, -0.25) is 9.69 Å². The lowest BCUT2D eigenvalue weighted by Crippen LogP contribution is -2.53. The first-order valence-corrected chi connectivity index (χ1v) is 15.6. The van der Waals surface area contributed by atoms with Crippen LogP contribution in [0, 0.1) is 0 Å². The number of alkyl halides is 6. The molecule has 8 nitrogen and oxygen atoms in total. The van der Waals surface area contributed by atoms with Crippen molar-refractivity contribution in [3.63, 3.8) is 0 Å². The number of urea groups is 1. The van der Waals surface area contributed by atoms with Crippen LogP contribution < -0.4 is 19.5 Å². The summed E-state index contributed by atoms with van der Waals surface area (Å²) >= 11 is 0. The van der Waals surface area contributed by atoms with E-state index in [0.717, 1.165) is 16.5 Å². The first-order valence-electron chi connectivity index (χ1n) is 15.6.